The van der Waals surface area contributed by atoms with E-state index in [-0.39, 0.29) is 5.56 Å². The molecule has 0 bridgehead atoms. The van der Waals surface area contributed by atoms with Crippen molar-refractivity contribution in [1.82, 2.24) is 8.97 Å². The predicted molar refractivity (Wildman–Crippen MR) is 55.3 cm³/mol. The third-order valence-corrected chi connectivity index (χ3v) is 2.73. The van der Waals surface area contributed by atoms with Crippen molar-refractivity contribution in [1.29, 1.82) is 0 Å². The summed E-state index contributed by atoms with van der Waals surface area (Å²) in [5.74, 6) is 0. The van der Waals surface area contributed by atoms with E-state index in [4.69, 9.17) is 0 Å². The predicted octanol–water partition coefficient (Wildman–Crippen LogP) is 1.53. The Morgan fingerprint density at radius 1 is 1.54 bits per heavy atom. The van der Waals surface area contributed by atoms with Crippen molar-refractivity contribution in [2.24, 2.45) is 7.05 Å². The Morgan fingerprint density at radius 2 is 2.31 bits per heavy atom. The molecule has 0 saturated heterocycles. The number of alkyl halides is 1. The van der Waals surface area contributed by atoms with Gasteiger partial charge in [-0.25, -0.2) is 0 Å². The van der Waals surface area contributed by atoms with Gasteiger partial charge in [0.25, 0.3) is 5.56 Å². The van der Waals surface area contributed by atoms with Crippen molar-refractivity contribution in [2.45, 2.75) is 5.33 Å². The highest BCUT2D eigenvalue weighted by molar-refractivity contribution is 9.08. The molecule has 4 heteroatoms. The van der Waals surface area contributed by atoms with Gasteiger partial charge in [-0.2, -0.15) is 0 Å². The van der Waals surface area contributed by atoms with Crippen LogP contribution in [0, 0.1) is 0 Å². The van der Waals surface area contributed by atoms with Crippen LogP contribution in [0.2, 0.25) is 0 Å². The first-order chi connectivity index (χ1) is 6.24. The summed E-state index contributed by atoms with van der Waals surface area (Å²) in [6, 6.07) is 3.69. The molecule has 0 fully saturated rings. The van der Waals surface area contributed by atoms with E-state index in [9.17, 15) is 4.79 Å². The van der Waals surface area contributed by atoms with Crippen molar-refractivity contribution in [3.63, 3.8) is 0 Å². The zero-order valence-corrected chi connectivity index (χ0v) is 8.78. The average molecular weight is 241 g/mol. The molecule has 2 aromatic heterocycles. The Balaban J connectivity index is 2.92. The molecule has 2 rings (SSSR count). The van der Waals surface area contributed by atoms with Crippen molar-refractivity contribution >= 4 is 21.4 Å². The summed E-state index contributed by atoms with van der Waals surface area (Å²) in [4.78, 5) is 11.7. The lowest BCUT2D eigenvalue weighted by Gasteiger charge is -2.05. The van der Waals surface area contributed by atoms with E-state index in [0.29, 0.717) is 10.8 Å². The van der Waals surface area contributed by atoms with Gasteiger partial charge in [-0.1, -0.05) is 15.9 Å². The summed E-state index contributed by atoms with van der Waals surface area (Å²) in [7, 11) is 1.78. The maximum absolute atomic E-state index is 11.7. The van der Waals surface area contributed by atoms with E-state index >= 15 is 0 Å². The third-order valence-electron chi connectivity index (χ3n) is 2.16. The summed E-state index contributed by atoms with van der Waals surface area (Å²) in [6.45, 7) is 0. The fraction of sp³-hybridized carbons (Fsp3) is 0.222. The Bertz CT molecular complexity index is 498. The molecule has 0 N–H and O–H groups in total. The van der Waals surface area contributed by atoms with Gasteiger partial charge in [-0.15, -0.1) is 0 Å². The topological polar surface area (TPSA) is 26.4 Å². The summed E-state index contributed by atoms with van der Waals surface area (Å²) in [5, 5.41) is 0.687. The van der Waals surface area contributed by atoms with Crippen LogP contribution in [0.25, 0.3) is 5.52 Å². The zero-order valence-electron chi connectivity index (χ0n) is 7.20. The maximum atomic E-state index is 11.7. The summed E-state index contributed by atoms with van der Waals surface area (Å²) in [5.41, 5.74) is 1.72. The molecule has 3 nitrogen and oxygen atoms in total. The molecular weight excluding hydrogens is 232 g/mol. The van der Waals surface area contributed by atoms with E-state index in [1.807, 2.05) is 28.9 Å². The van der Waals surface area contributed by atoms with E-state index in [1.165, 1.54) is 0 Å². The first-order valence-electron chi connectivity index (χ1n) is 3.95. The molecule has 0 unspecified atom stereocenters. The maximum Gasteiger partial charge on any atom is 0.274 e. The summed E-state index contributed by atoms with van der Waals surface area (Å²) >= 11 is 3.34. The molecule has 0 aliphatic rings. The van der Waals surface area contributed by atoms with Gasteiger partial charge < -0.3 is 8.97 Å². The number of hydrogen-bond donors (Lipinski definition) is 0. The molecule has 0 radical (unpaired) electrons. The van der Waals surface area contributed by atoms with Crippen LogP contribution in [-0.4, -0.2) is 8.97 Å². The molecule has 0 saturated carbocycles. The van der Waals surface area contributed by atoms with Crippen LogP contribution in [0.1, 0.15) is 5.69 Å². The molecule has 68 valence electrons. The van der Waals surface area contributed by atoms with Crippen molar-refractivity contribution < 1.29 is 0 Å². The van der Waals surface area contributed by atoms with Crippen LogP contribution < -0.4 is 5.56 Å². The molecule has 0 amide bonds. The fourth-order valence-corrected chi connectivity index (χ4v) is 1.88. The van der Waals surface area contributed by atoms with Gasteiger partial charge >= 0.3 is 0 Å². The first kappa shape index (κ1) is 8.56. The highest BCUT2D eigenvalue weighted by atomic mass is 79.9. The Morgan fingerprint density at radius 3 is 3.00 bits per heavy atom. The first-order valence-corrected chi connectivity index (χ1v) is 5.07. The van der Waals surface area contributed by atoms with E-state index in [0.717, 1.165) is 5.69 Å². The molecule has 2 heterocycles. The Kier molecular flexibility index (Phi) is 2.00. The zero-order chi connectivity index (χ0) is 9.42. The van der Waals surface area contributed by atoms with Crippen LogP contribution in [-0.2, 0) is 12.4 Å². The average Bonchev–Trinajstić information content (AvgIpc) is 2.59. The van der Waals surface area contributed by atoms with Crippen molar-refractivity contribution in [3.8, 4) is 0 Å². The summed E-state index contributed by atoms with van der Waals surface area (Å²) < 4.78 is 3.50. The Hall–Kier alpha value is -1.03. The van der Waals surface area contributed by atoms with Gasteiger partial charge in [-0.05, 0) is 12.1 Å². The van der Waals surface area contributed by atoms with Crippen LogP contribution in [0.15, 0.2) is 29.3 Å². The number of fused-ring (bicyclic) bond motifs is 1. The molecule has 2 aromatic rings. The fourth-order valence-electron chi connectivity index (χ4n) is 1.36. The lowest BCUT2D eigenvalue weighted by molar-refractivity contribution is 0.800. The van der Waals surface area contributed by atoms with Gasteiger partial charge in [0.05, 0.1) is 0 Å². The second-order valence-electron chi connectivity index (χ2n) is 2.92. The molecular formula is C9H9BrN2O. The van der Waals surface area contributed by atoms with Gasteiger partial charge in [0.1, 0.15) is 5.52 Å². The Labute approximate surface area is 83.7 Å². The molecule has 0 aromatic carbocycles. The minimum atomic E-state index is 0.0435. The van der Waals surface area contributed by atoms with Gasteiger partial charge in [-0.3, -0.25) is 4.79 Å². The second-order valence-corrected chi connectivity index (χ2v) is 3.48. The molecule has 0 atom stereocenters. The quantitative estimate of drug-likeness (QED) is 0.695. The second kappa shape index (κ2) is 3.03. The van der Waals surface area contributed by atoms with Crippen molar-refractivity contribution in [3.05, 3.63) is 40.6 Å². The minimum absolute atomic E-state index is 0.0435. The lowest BCUT2D eigenvalue weighted by Crippen LogP contribution is -2.21. The summed E-state index contributed by atoms with van der Waals surface area (Å²) in [6.07, 6.45) is 3.83. The SMILES string of the molecule is Cn1c(CBr)cn2cccc2c1=O. The monoisotopic (exact) mass is 240 g/mol. The number of nitrogens with zero attached hydrogens (tertiary/aromatic N) is 2. The van der Waals surface area contributed by atoms with E-state index < -0.39 is 0 Å². The molecule has 0 aliphatic heterocycles. The van der Waals surface area contributed by atoms with Crippen LogP contribution >= 0.6 is 15.9 Å². The van der Waals surface area contributed by atoms with Gasteiger partial charge in [0.2, 0.25) is 0 Å². The van der Waals surface area contributed by atoms with Crippen LogP contribution in [0.5, 0.6) is 0 Å². The molecule has 0 spiro atoms. The molecule has 13 heavy (non-hydrogen) atoms. The minimum Gasteiger partial charge on any atom is -0.317 e. The lowest BCUT2D eigenvalue weighted by atomic mass is 10.4. The highest BCUT2D eigenvalue weighted by Crippen LogP contribution is 2.05. The third kappa shape index (κ3) is 1.21. The van der Waals surface area contributed by atoms with Crippen LogP contribution in [0.3, 0.4) is 0 Å². The number of hydrogen-bond acceptors (Lipinski definition) is 1. The highest BCUT2D eigenvalue weighted by Gasteiger charge is 2.03. The number of halogens is 1. The standard InChI is InChI=1S/C9H9BrN2O/c1-11-7(5-10)6-12-4-2-3-8(12)9(11)13/h2-4,6H,5H2,1H3. The van der Waals surface area contributed by atoms with Gasteiger partial charge in [0, 0.05) is 30.5 Å². The smallest absolute Gasteiger partial charge is 0.274 e. The number of rotatable bonds is 1. The van der Waals surface area contributed by atoms with Crippen LogP contribution in [0.4, 0.5) is 0 Å². The molecule has 0 aliphatic carbocycles. The van der Waals surface area contributed by atoms with Gasteiger partial charge in [0.15, 0.2) is 0 Å². The largest absolute Gasteiger partial charge is 0.317 e. The van der Waals surface area contributed by atoms with E-state index in [2.05, 4.69) is 15.9 Å². The number of aromatic nitrogens is 2. The van der Waals surface area contributed by atoms with E-state index in [1.54, 1.807) is 11.6 Å². The van der Waals surface area contributed by atoms with Crippen molar-refractivity contribution in [2.75, 3.05) is 0 Å². The normalized spacial score (nSPS) is 10.9.